The van der Waals surface area contributed by atoms with E-state index >= 15 is 0 Å². The van der Waals surface area contributed by atoms with E-state index in [9.17, 15) is 4.79 Å². The van der Waals surface area contributed by atoms with Crippen molar-refractivity contribution in [3.8, 4) is 0 Å². The van der Waals surface area contributed by atoms with Crippen molar-refractivity contribution < 1.29 is 26.5 Å². The molecule has 0 saturated heterocycles. The predicted molar refractivity (Wildman–Crippen MR) is 121 cm³/mol. The molecule has 1 amide bonds. The standard InChI is InChI=1S/C12H17NO.C7H9Si.4CH3.Ti/c13-11(14)12(8-4-1-5-9-12)10-6-2-3-7-10;1-8-7-5-3-2-4-6-7;;;;;/h2-3,6H,1,4-5,7-9H2,(H2,13,14);2-6,8H,1H3;4*1H3;/q;;4*-1;/p-1. The SMILES string of the molecule is C[SiH]c1ccccc1.[CH3-].[CH3-].[CH3-].[CH3-].[NH-]C(=O)C1(C2=CC=CC2)CCCCC1.[Ti]. The third kappa shape index (κ3) is 9.23. The summed E-state index contributed by atoms with van der Waals surface area (Å²) in [5.41, 5.74) is 8.24. The fraction of sp³-hybridized carbons (Fsp3) is 0.348. The number of hydrogen-bond donors (Lipinski definition) is 0. The number of benzene rings is 1. The van der Waals surface area contributed by atoms with Gasteiger partial charge in [-0.15, -0.1) is 0 Å². The average Bonchev–Trinajstić information content (AvgIpc) is 3.12. The van der Waals surface area contributed by atoms with Crippen LogP contribution >= 0.6 is 0 Å². The molecule has 27 heavy (non-hydrogen) atoms. The van der Waals surface area contributed by atoms with Crippen LogP contribution in [0.3, 0.4) is 0 Å². The summed E-state index contributed by atoms with van der Waals surface area (Å²) in [5, 5.41) is 1.49. The number of amides is 1. The zero-order valence-electron chi connectivity index (χ0n) is 17.8. The van der Waals surface area contributed by atoms with Crippen LogP contribution in [0.25, 0.3) is 5.73 Å². The van der Waals surface area contributed by atoms with E-state index in [4.69, 9.17) is 5.73 Å². The van der Waals surface area contributed by atoms with Gasteiger partial charge in [-0.3, -0.25) is 0 Å². The largest absolute Gasteiger partial charge is 0.667 e. The van der Waals surface area contributed by atoms with Crippen LogP contribution in [0.15, 0.2) is 54.1 Å². The Bertz CT molecular complexity index is 549. The first-order valence-corrected chi connectivity index (χ1v) is 9.89. The van der Waals surface area contributed by atoms with Crippen molar-refractivity contribution in [2.24, 2.45) is 5.41 Å². The molecular weight excluding hydrogens is 382 g/mol. The maximum absolute atomic E-state index is 11.5. The molecule has 2 aliphatic rings. The van der Waals surface area contributed by atoms with Crippen LogP contribution in [0.5, 0.6) is 0 Å². The molecule has 1 N–H and O–H groups in total. The molecule has 3 rings (SSSR count). The van der Waals surface area contributed by atoms with Crippen LogP contribution < -0.4 is 5.19 Å². The van der Waals surface area contributed by atoms with Crippen LogP contribution in [-0.4, -0.2) is 15.4 Å². The van der Waals surface area contributed by atoms with Gasteiger partial charge in [0.25, 0.3) is 0 Å². The molecule has 1 aromatic carbocycles. The number of nitrogens with one attached hydrogen (secondary N) is 1. The molecule has 2 aliphatic carbocycles. The normalized spacial score (nSPS) is 15.5. The summed E-state index contributed by atoms with van der Waals surface area (Å²) in [6.45, 7) is 2.25. The number of carbonyl (C=O) groups is 1. The first kappa shape index (κ1) is 33.7. The van der Waals surface area contributed by atoms with Gasteiger partial charge in [0, 0.05) is 27.1 Å². The molecule has 153 valence electrons. The van der Waals surface area contributed by atoms with Gasteiger partial charge in [0.1, 0.15) is 0 Å². The second-order valence-corrected chi connectivity index (χ2v) is 7.24. The Balaban J connectivity index is -0.000000181. The molecule has 4 heteroatoms. The van der Waals surface area contributed by atoms with E-state index in [1.165, 1.54) is 17.2 Å². The minimum atomic E-state index is -0.415. The topological polar surface area (TPSA) is 40.9 Å². The van der Waals surface area contributed by atoms with E-state index in [1.54, 1.807) is 0 Å². The van der Waals surface area contributed by atoms with Gasteiger partial charge in [-0.05, 0) is 19.3 Å². The fourth-order valence-corrected chi connectivity index (χ4v) is 3.90. The van der Waals surface area contributed by atoms with Crippen LogP contribution in [0.1, 0.15) is 38.5 Å². The van der Waals surface area contributed by atoms with Crippen molar-refractivity contribution in [1.29, 1.82) is 0 Å². The van der Waals surface area contributed by atoms with Crippen molar-refractivity contribution >= 4 is 20.6 Å². The molecule has 0 heterocycles. The van der Waals surface area contributed by atoms with Crippen molar-refractivity contribution in [3.05, 3.63) is 89.6 Å². The van der Waals surface area contributed by atoms with Gasteiger partial charge in [0.15, 0.2) is 0 Å². The molecule has 1 radical (unpaired) electrons. The van der Waals surface area contributed by atoms with E-state index < -0.39 is 5.41 Å². The van der Waals surface area contributed by atoms with Crippen LogP contribution in [0, 0.1) is 35.1 Å². The van der Waals surface area contributed by atoms with Gasteiger partial charge in [-0.2, -0.15) is 0 Å². The Morgan fingerprint density at radius 1 is 1.00 bits per heavy atom. The third-order valence-electron chi connectivity index (χ3n) is 4.66. The molecule has 1 saturated carbocycles. The molecule has 0 aliphatic heterocycles. The monoisotopic (exact) mass is 419 g/mol. The number of hydrogen-bond acceptors (Lipinski definition) is 1. The van der Waals surface area contributed by atoms with Gasteiger partial charge < -0.3 is 40.2 Å². The Labute approximate surface area is 186 Å². The summed E-state index contributed by atoms with van der Waals surface area (Å²) < 4.78 is 0. The average molecular weight is 420 g/mol. The molecule has 1 aromatic rings. The molecular formula is C23H37NOSiTi-5. The van der Waals surface area contributed by atoms with Crippen molar-refractivity contribution in [2.45, 2.75) is 45.1 Å². The molecule has 0 bridgehead atoms. The summed E-state index contributed by atoms with van der Waals surface area (Å²) in [4.78, 5) is 11.5. The Morgan fingerprint density at radius 2 is 1.56 bits per heavy atom. The second-order valence-electron chi connectivity index (χ2n) is 6.00. The second kappa shape index (κ2) is 17.2. The number of rotatable bonds is 3. The van der Waals surface area contributed by atoms with E-state index in [1.807, 2.05) is 12.2 Å². The zero-order valence-corrected chi connectivity index (χ0v) is 20.6. The maximum Gasteiger partial charge on any atom is 0.0635 e. The third-order valence-corrected chi connectivity index (χ3v) is 5.71. The Morgan fingerprint density at radius 3 is 1.93 bits per heavy atom. The maximum atomic E-state index is 11.5. The van der Waals surface area contributed by atoms with Gasteiger partial charge in [-0.25, -0.2) is 0 Å². The van der Waals surface area contributed by atoms with Crippen LogP contribution in [-0.2, 0) is 26.5 Å². The van der Waals surface area contributed by atoms with Crippen molar-refractivity contribution in [1.82, 2.24) is 0 Å². The molecule has 2 nitrogen and oxygen atoms in total. The van der Waals surface area contributed by atoms with E-state index in [-0.39, 0.29) is 57.3 Å². The van der Waals surface area contributed by atoms with Crippen LogP contribution in [0.4, 0.5) is 0 Å². The van der Waals surface area contributed by atoms with E-state index in [2.05, 4.69) is 43.0 Å². The molecule has 0 aromatic heterocycles. The smallest absolute Gasteiger partial charge is 0.0635 e. The molecule has 1 fully saturated rings. The van der Waals surface area contributed by atoms with Crippen molar-refractivity contribution in [3.63, 3.8) is 0 Å². The Hall–Kier alpha value is -0.899. The van der Waals surface area contributed by atoms with Crippen LogP contribution in [0.2, 0.25) is 6.55 Å². The van der Waals surface area contributed by atoms with Gasteiger partial charge >= 0.3 is 0 Å². The fourth-order valence-electron chi connectivity index (χ4n) is 3.30. The zero-order chi connectivity index (χ0) is 15.8. The molecule has 0 spiro atoms. The summed E-state index contributed by atoms with van der Waals surface area (Å²) in [5.74, 6) is -0.368. The molecule has 0 atom stereocenters. The number of allylic oxidation sites excluding steroid dienone is 3. The van der Waals surface area contributed by atoms with Gasteiger partial charge in [0.2, 0.25) is 0 Å². The number of carbonyl (C=O) groups excluding carboxylic acids is 1. The minimum absolute atomic E-state index is 0. The summed E-state index contributed by atoms with van der Waals surface area (Å²) >= 11 is 0. The van der Waals surface area contributed by atoms with E-state index in [0.717, 1.165) is 32.1 Å². The first-order chi connectivity index (χ1) is 10.7. The molecule has 0 unspecified atom stereocenters. The summed E-state index contributed by atoms with van der Waals surface area (Å²) in [6.07, 6.45) is 12.2. The quantitative estimate of drug-likeness (QED) is 0.438. The minimum Gasteiger partial charge on any atom is -0.667 e. The predicted octanol–water partition coefficient (Wildman–Crippen LogP) is 6.00. The Kier molecular flexibility index (Phi) is 21.5. The summed E-state index contributed by atoms with van der Waals surface area (Å²) in [7, 11) is 0.511. The van der Waals surface area contributed by atoms with E-state index in [0.29, 0.717) is 9.52 Å². The summed E-state index contributed by atoms with van der Waals surface area (Å²) in [6, 6.07) is 10.6. The first-order valence-electron chi connectivity index (χ1n) is 8.16. The van der Waals surface area contributed by atoms with Crippen molar-refractivity contribution in [2.75, 3.05) is 0 Å². The van der Waals surface area contributed by atoms with Gasteiger partial charge in [-0.1, -0.05) is 85.1 Å². The van der Waals surface area contributed by atoms with Gasteiger partial charge in [0.05, 0.1) is 15.4 Å².